The zero-order valence-electron chi connectivity index (χ0n) is 12.4. The highest BCUT2D eigenvalue weighted by Crippen LogP contribution is 2.35. The van der Waals surface area contributed by atoms with Crippen molar-refractivity contribution in [2.75, 3.05) is 7.11 Å². The molecule has 0 bridgehead atoms. The van der Waals surface area contributed by atoms with Crippen LogP contribution >= 0.6 is 0 Å². The molecule has 3 aromatic rings. The van der Waals surface area contributed by atoms with E-state index in [2.05, 4.69) is 9.97 Å². The molecule has 4 rings (SSSR count). The lowest BCUT2D eigenvalue weighted by molar-refractivity contribution is 0.292. The first-order valence-corrected chi connectivity index (χ1v) is 7.10. The molecule has 0 amide bonds. The smallest absolute Gasteiger partial charge is 0.255 e. The van der Waals surface area contributed by atoms with E-state index < -0.39 is 0 Å². The Bertz CT molecular complexity index is 950. The van der Waals surface area contributed by atoms with Gasteiger partial charge in [-0.1, -0.05) is 0 Å². The number of methoxy groups -OCH3 is 1. The molecule has 0 aliphatic carbocycles. The quantitative estimate of drug-likeness (QED) is 0.726. The maximum atomic E-state index is 12.4. The number of nitrogens with zero attached hydrogens (tertiary/aromatic N) is 3. The summed E-state index contributed by atoms with van der Waals surface area (Å²) in [5.74, 6) is 1.30. The van der Waals surface area contributed by atoms with Crippen LogP contribution in [-0.4, -0.2) is 21.6 Å². The molecule has 114 valence electrons. The van der Waals surface area contributed by atoms with Gasteiger partial charge in [0.2, 0.25) is 0 Å². The maximum Gasteiger partial charge on any atom is 0.255 e. The van der Waals surface area contributed by atoms with Crippen LogP contribution in [0.15, 0.2) is 53.7 Å². The van der Waals surface area contributed by atoms with Crippen molar-refractivity contribution in [1.29, 1.82) is 0 Å². The van der Waals surface area contributed by atoms with Gasteiger partial charge in [-0.05, 0) is 18.2 Å². The van der Waals surface area contributed by atoms with E-state index in [4.69, 9.17) is 9.47 Å². The van der Waals surface area contributed by atoms with E-state index in [-0.39, 0.29) is 5.56 Å². The predicted molar refractivity (Wildman–Crippen MR) is 83.9 cm³/mol. The normalized spacial score (nSPS) is 12.0. The fourth-order valence-electron chi connectivity index (χ4n) is 2.72. The molecule has 0 aromatic carbocycles. The summed E-state index contributed by atoms with van der Waals surface area (Å²) in [6, 6.07) is 8.78. The zero-order valence-corrected chi connectivity index (χ0v) is 12.4. The third-order valence-electron chi connectivity index (χ3n) is 3.78. The number of fused-ring (bicyclic) bond motifs is 3. The minimum atomic E-state index is -0.151. The molecule has 23 heavy (non-hydrogen) atoms. The number of rotatable bonds is 2. The van der Waals surface area contributed by atoms with Gasteiger partial charge in [-0.25, -0.2) is 0 Å². The second kappa shape index (κ2) is 5.24. The van der Waals surface area contributed by atoms with Gasteiger partial charge >= 0.3 is 0 Å². The molecule has 0 saturated heterocycles. The highest BCUT2D eigenvalue weighted by atomic mass is 16.5. The Kier molecular flexibility index (Phi) is 3.08. The van der Waals surface area contributed by atoms with Crippen LogP contribution in [0.5, 0.6) is 11.5 Å². The van der Waals surface area contributed by atoms with Gasteiger partial charge in [-0.15, -0.1) is 0 Å². The molecule has 6 nitrogen and oxygen atoms in total. The van der Waals surface area contributed by atoms with E-state index in [0.717, 1.165) is 17.0 Å². The minimum Gasteiger partial charge on any atom is -0.495 e. The Labute approximate surface area is 132 Å². The first-order chi connectivity index (χ1) is 11.3. The van der Waals surface area contributed by atoms with Gasteiger partial charge < -0.3 is 9.47 Å². The van der Waals surface area contributed by atoms with E-state index in [1.54, 1.807) is 42.4 Å². The van der Waals surface area contributed by atoms with Gasteiger partial charge in [-0.3, -0.25) is 19.3 Å². The van der Waals surface area contributed by atoms with Crippen LogP contribution in [0.3, 0.4) is 0 Å². The molecule has 0 spiro atoms. The molecule has 0 fully saturated rings. The average molecular weight is 307 g/mol. The molecule has 0 unspecified atom stereocenters. The minimum absolute atomic E-state index is 0.151. The van der Waals surface area contributed by atoms with Gasteiger partial charge in [-0.2, -0.15) is 0 Å². The Balaban J connectivity index is 1.98. The van der Waals surface area contributed by atoms with Crippen LogP contribution < -0.4 is 15.0 Å². The first kappa shape index (κ1) is 13.5. The third-order valence-corrected chi connectivity index (χ3v) is 3.78. The summed E-state index contributed by atoms with van der Waals surface area (Å²) < 4.78 is 12.5. The average Bonchev–Trinajstić information content (AvgIpc) is 2.61. The van der Waals surface area contributed by atoms with Gasteiger partial charge in [0.05, 0.1) is 30.9 Å². The second-order valence-corrected chi connectivity index (χ2v) is 5.09. The van der Waals surface area contributed by atoms with Crippen LogP contribution in [0.25, 0.3) is 16.9 Å². The van der Waals surface area contributed by atoms with Crippen molar-refractivity contribution < 1.29 is 9.47 Å². The topological polar surface area (TPSA) is 66.2 Å². The summed E-state index contributed by atoms with van der Waals surface area (Å²) in [5.41, 5.74) is 2.85. The summed E-state index contributed by atoms with van der Waals surface area (Å²) in [6.45, 7) is 0.293. The number of aromatic nitrogens is 3. The lowest BCUT2D eigenvalue weighted by Gasteiger charge is -2.23. The maximum absolute atomic E-state index is 12.4. The van der Waals surface area contributed by atoms with Gasteiger partial charge in [0.15, 0.2) is 0 Å². The van der Waals surface area contributed by atoms with Crippen molar-refractivity contribution in [3.63, 3.8) is 0 Å². The van der Waals surface area contributed by atoms with Crippen molar-refractivity contribution in [1.82, 2.24) is 14.5 Å². The number of ether oxygens (including phenoxy) is 2. The van der Waals surface area contributed by atoms with Crippen LogP contribution in [0.1, 0.15) is 5.69 Å². The molecular weight excluding hydrogens is 294 g/mol. The van der Waals surface area contributed by atoms with Crippen molar-refractivity contribution in [2.45, 2.75) is 6.61 Å². The standard InChI is InChI=1S/C17H13N3O3/c1-22-12-7-11(8-18-9-12)20-14-10-23-15-3-2-6-19-17(15)13(14)4-5-16(20)21/h2-9H,10H2,1H3. The molecule has 0 saturated carbocycles. The molecule has 0 atom stereocenters. The van der Waals surface area contributed by atoms with Gasteiger partial charge in [0, 0.05) is 23.9 Å². The largest absolute Gasteiger partial charge is 0.495 e. The molecule has 4 heterocycles. The predicted octanol–water partition coefficient (Wildman–Crippen LogP) is 2.20. The third kappa shape index (κ3) is 2.15. The number of hydrogen-bond donors (Lipinski definition) is 0. The molecule has 1 aliphatic heterocycles. The highest BCUT2D eigenvalue weighted by molar-refractivity contribution is 5.70. The Morgan fingerprint density at radius 3 is 3.04 bits per heavy atom. The SMILES string of the molecule is COc1cncc(-n2c3c(ccc2=O)-c2ncccc2OC3)c1. The van der Waals surface area contributed by atoms with Crippen LogP contribution in [0, 0.1) is 0 Å². The fourth-order valence-corrected chi connectivity index (χ4v) is 2.72. The molecule has 3 aromatic heterocycles. The van der Waals surface area contributed by atoms with Crippen LogP contribution in [0.4, 0.5) is 0 Å². The molecule has 6 heteroatoms. The van der Waals surface area contributed by atoms with E-state index >= 15 is 0 Å². The summed E-state index contributed by atoms with van der Waals surface area (Å²) in [6.07, 6.45) is 4.93. The zero-order chi connectivity index (χ0) is 15.8. The first-order valence-electron chi connectivity index (χ1n) is 7.10. The van der Waals surface area contributed by atoms with E-state index in [1.807, 2.05) is 12.1 Å². The molecule has 1 aliphatic rings. The highest BCUT2D eigenvalue weighted by Gasteiger charge is 2.22. The Morgan fingerprint density at radius 2 is 2.17 bits per heavy atom. The van der Waals surface area contributed by atoms with Crippen molar-refractivity contribution in [3.05, 3.63) is 65.0 Å². The summed E-state index contributed by atoms with van der Waals surface area (Å²) >= 11 is 0. The van der Waals surface area contributed by atoms with Gasteiger partial charge in [0.1, 0.15) is 23.8 Å². The van der Waals surface area contributed by atoms with Crippen LogP contribution in [0.2, 0.25) is 0 Å². The summed E-state index contributed by atoms with van der Waals surface area (Å²) in [7, 11) is 1.56. The molecule has 0 N–H and O–H groups in total. The second-order valence-electron chi connectivity index (χ2n) is 5.09. The Morgan fingerprint density at radius 1 is 1.26 bits per heavy atom. The monoisotopic (exact) mass is 307 g/mol. The van der Waals surface area contributed by atoms with E-state index in [9.17, 15) is 4.79 Å². The summed E-state index contributed by atoms with van der Waals surface area (Å²) in [4.78, 5) is 20.9. The lowest BCUT2D eigenvalue weighted by atomic mass is 10.1. The van der Waals surface area contributed by atoms with E-state index in [0.29, 0.717) is 23.8 Å². The molecular formula is C17H13N3O3. The summed E-state index contributed by atoms with van der Waals surface area (Å²) in [5, 5.41) is 0. The van der Waals surface area contributed by atoms with Gasteiger partial charge in [0.25, 0.3) is 5.56 Å². The number of hydrogen-bond acceptors (Lipinski definition) is 5. The van der Waals surface area contributed by atoms with Crippen LogP contribution in [-0.2, 0) is 6.61 Å². The number of pyridine rings is 3. The molecule has 0 radical (unpaired) electrons. The Hall–Kier alpha value is -3.15. The van der Waals surface area contributed by atoms with Crippen molar-refractivity contribution in [2.24, 2.45) is 0 Å². The van der Waals surface area contributed by atoms with Crippen molar-refractivity contribution >= 4 is 0 Å². The van der Waals surface area contributed by atoms with Crippen molar-refractivity contribution in [3.8, 4) is 28.4 Å². The fraction of sp³-hybridized carbons (Fsp3) is 0.118. The lowest BCUT2D eigenvalue weighted by Crippen LogP contribution is -2.25. The van der Waals surface area contributed by atoms with E-state index in [1.165, 1.54) is 6.07 Å².